The smallest absolute Gasteiger partial charge is 0.241 e. The number of amides is 1. The lowest BCUT2D eigenvalue weighted by atomic mass is 10.0. The van der Waals surface area contributed by atoms with Crippen LogP contribution in [0, 0.1) is 6.92 Å². The van der Waals surface area contributed by atoms with Gasteiger partial charge in [-0.25, -0.2) is 8.42 Å². The molecule has 0 spiro atoms. The van der Waals surface area contributed by atoms with Crippen LogP contribution in [0.4, 0.5) is 5.69 Å². The number of anilines is 1. The molecule has 2 aromatic carbocycles. The molecule has 2 aliphatic heterocycles. The summed E-state index contributed by atoms with van der Waals surface area (Å²) in [4.78, 5) is 16.7. The number of benzene rings is 2. The second kappa shape index (κ2) is 7.50. The number of sulfone groups is 1. The van der Waals surface area contributed by atoms with Gasteiger partial charge in [-0.1, -0.05) is 48.0 Å². The zero-order valence-electron chi connectivity index (χ0n) is 15.7. The fourth-order valence-electron chi connectivity index (χ4n) is 4.19. The number of hydrogen-bond donors (Lipinski definition) is 0. The van der Waals surface area contributed by atoms with E-state index in [0.29, 0.717) is 17.3 Å². The molecular formula is C21H23ClN2O3S. The maximum atomic E-state index is 13.0. The van der Waals surface area contributed by atoms with Gasteiger partial charge in [0.2, 0.25) is 5.91 Å². The van der Waals surface area contributed by atoms with Gasteiger partial charge < -0.3 is 4.90 Å². The van der Waals surface area contributed by atoms with Crippen LogP contribution in [0.15, 0.2) is 48.5 Å². The molecular weight excluding hydrogens is 396 g/mol. The van der Waals surface area contributed by atoms with Gasteiger partial charge in [0, 0.05) is 23.3 Å². The van der Waals surface area contributed by atoms with E-state index in [9.17, 15) is 13.2 Å². The second-order valence-corrected chi connectivity index (χ2v) is 10.2. The molecule has 148 valence electrons. The third-order valence-corrected chi connectivity index (χ3v) is 7.77. The van der Waals surface area contributed by atoms with Crippen molar-refractivity contribution in [1.82, 2.24) is 4.90 Å². The van der Waals surface area contributed by atoms with E-state index in [-0.39, 0.29) is 36.0 Å². The lowest BCUT2D eigenvalue weighted by Gasteiger charge is -2.43. The number of hydrogen-bond acceptors (Lipinski definition) is 4. The predicted molar refractivity (Wildman–Crippen MR) is 112 cm³/mol. The Bertz CT molecular complexity index is 994. The normalized spacial score (nSPS) is 24.4. The van der Waals surface area contributed by atoms with Crippen LogP contribution in [0.5, 0.6) is 0 Å². The Kier molecular flexibility index (Phi) is 5.21. The third-order valence-electron chi connectivity index (χ3n) is 5.67. The van der Waals surface area contributed by atoms with E-state index >= 15 is 0 Å². The average Bonchev–Trinajstić information content (AvgIpc) is 2.98. The first-order chi connectivity index (χ1) is 13.3. The van der Waals surface area contributed by atoms with Crippen LogP contribution in [0.25, 0.3) is 0 Å². The number of halogens is 1. The maximum absolute atomic E-state index is 13.0. The molecule has 0 aromatic heterocycles. The molecule has 2 aromatic rings. The molecule has 0 saturated carbocycles. The van der Waals surface area contributed by atoms with Crippen molar-refractivity contribution in [2.24, 2.45) is 0 Å². The van der Waals surface area contributed by atoms with Crippen molar-refractivity contribution < 1.29 is 13.2 Å². The van der Waals surface area contributed by atoms with Crippen LogP contribution in [0.1, 0.15) is 11.1 Å². The van der Waals surface area contributed by atoms with E-state index in [4.69, 9.17) is 11.6 Å². The van der Waals surface area contributed by atoms with Gasteiger partial charge in [-0.05, 0) is 36.6 Å². The van der Waals surface area contributed by atoms with Crippen molar-refractivity contribution >= 4 is 33.0 Å². The summed E-state index contributed by atoms with van der Waals surface area (Å²) in [5, 5.41) is 0.578. The van der Waals surface area contributed by atoms with Crippen molar-refractivity contribution in [3.8, 4) is 0 Å². The average molecular weight is 419 g/mol. The Balaban J connectivity index is 1.61. The molecule has 1 amide bonds. The summed E-state index contributed by atoms with van der Waals surface area (Å²) in [6.45, 7) is 2.78. The molecule has 2 aliphatic rings. The highest BCUT2D eigenvalue weighted by Crippen LogP contribution is 2.33. The van der Waals surface area contributed by atoms with E-state index in [1.165, 1.54) is 5.56 Å². The number of piperazine rings is 1. The van der Waals surface area contributed by atoms with Gasteiger partial charge in [0.25, 0.3) is 0 Å². The topological polar surface area (TPSA) is 57.7 Å². The van der Waals surface area contributed by atoms with Crippen molar-refractivity contribution in [2.45, 2.75) is 25.4 Å². The highest BCUT2D eigenvalue weighted by Gasteiger charge is 2.49. The summed E-state index contributed by atoms with van der Waals surface area (Å²) in [6.07, 6.45) is 0.785. The Morgan fingerprint density at radius 1 is 1.07 bits per heavy atom. The summed E-state index contributed by atoms with van der Waals surface area (Å²) in [6, 6.07) is 15.0. The molecule has 0 N–H and O–H groups in total. The lowest BCUT2D eigenvalue weighted by Crippen LogP contribution is -2.62. The first-order valence-electron chi connectivity index (χ1n) is 9.41. The lowest BCUT2D eigenvalue weighted by molar-refractivity contribution is -0.123. The Morgan fingerprint density at radius 3 is 2.50 bits per heavy atom. The quantitative estimate of drug-likeness (QED) is 0.766. The van der Waals surface area contributed by atoms with Crippen molar-refractivity contribution in [2.75, 3.05) is 29.5 Å². The number of rotatable bonds is 4. The number of carbonyl (C=O) groups excluding carboxylic acids is 1. The van der Waals surface area contributed by atoms with Gasteiger partial charge >= 0.3 is 0 Å². The predicted octanol–water partition coefficient (Wildman–Crippen LogP) is 2.71. The summed E-state index contributed by atoms with van der Waals surface area (Å²) in [5.74, 6) is 0.0124. The molecule has 2 fully saturated rings. The van der Waals surface area contributed by atoms with Crippen LogP contribution in [0.2, 0.25) is 5.02 Å². The maximum Gasteiger partial charge on any atom is 0.241 e. The molecule has 0 bridgehead atoms. The third kappa shape index (κ3) is 3.81. The zero-order valence-corrected chi connectivity index (χ0v) is 17.3. The molecule has 0 aliphatic carbocycles. The van der Waals surface area contributed by atoms with Gasteiger partial charge in [-0.2, -0.15) is 0 Å². The van der Waals surface area contributed by atoms with Crippen molar-refractivity contribution in [1.29, 1.82) is 0 Å². The van der Waals surface area contributed by atoms with Crippen LogP contribution in [0.3, 0.4) is 0 Å². The number of fused-ring (bicyclic) bond motifs is 1. The van der Waals surface area contributed by atoms with Gasteiger partial charge in [-0.3, -0.25) is 9.69 Å². The Morgan fingerprint density at radius 2 is 1.79 bits per heavy atom. The summed E-state index contributed by atoms with van der Waals surface area (Å²) in [7, 11) is -3.20. The van der Waals surface area contributed by atoms with E-state index in [0.717, 1.165) is 12.0 Å². The molecule has 28 heavy (non-hydrogen) atoms. The zero-order chi connectivity index (χ0) is 19.9. The molecule has 2 atom stereocenters. The SMILES string of the molecule is Cc1ccc(N2C(=O)CN(CCc3ccccc3)[C@H]3CS(=O)(=O)C[C@H]32)cc1Cl. The molecule has 5 nitrogen and oxygen atoms in total. The standard InChI is InChI=1S/C21H23ClN2O3S/c1-15-7-8-17(11-18(15)22)24-20-14-28(26,27)13-19(20)23(12-21(24)25)10-9-16-5-3-2-4-6-16/h2-8,11,19-20H,9-10,12-14H2,1H3/t19-,20+/m0/s1. The monoisotopic (exact) mass is 418 g/mol. The summed E-state index contributed by atoms with van der Waals surface area (Å²) >= 11 is 6.26. The van der Waals surface area contributed by atoms with Gasteiger partial charge in [0.05, 0.1) is 24.1 Å². The largest absolute Gasteiger partial charge is 0.306 e. The fraction of sp³-hybridized carbons (Fsp3) is 0.381. The summed E-state index contributed by atoms with van der Waals surface area (Å²) in [5.41, 5.74) is 2.78. The van der Waals surface area contributed by atoms with Gasteiger partial charge in [-0.15, -0.1) is 0 Å². The van der Waals surface area contributed by atoms with Gasteiger partial charge in [0.1, 0.15) is 0 Å². The minimum Gasteiger partial charge on any atom is -0.306 e. The van der Waals surface area contributed by atoms with Gasteiger partial charge in [0.15, 0.2) is 9.84 Å². The van der Waals surface area contributed by atoms with Crippen LogP contribution in [-0.4, -0.2) is 55.9 Å². The molecule has 2 heterocycles. The van der Waals surface area contributed by atoms with Crippen LogP contribution >= 0.6 is 11.6 Å². The Labute approximate surface area is 170 Å². The highest BCUT2D eigenvalue weighted by molar-refractivity contribution is 7.91. The van der Waals surface area contributed by atoms with E-state index in [1.54, 1.807) is 11.0 Å². The van der Waals surface area contributed by atoms with Crippen molar-refractivity contribution in [3.05, 3.63) is 64.7 Å². The minimum absolute atomic E-state index is 0.00323. The van der Waals surface area contributed by atoms with E-state index in [2.05, 4.69) is 12.1 Å². The molecule has 0 radical (unpaired) electrons. The molecule has 2 saturated heterocycles. The number of nitrogens with zero attached hydrogens (tertiary/aromatic N) is 2. The van der Waals surface area contributed by atoms with E-state index < -0.39 is 9.84 Å². The number of carbonyl (C=O) groups is 1. The summed E-state index contributed by atoms with van der Waals surface area (Å²) < 4.78 is 24.9. The van der Waals surface area contributed by atoms with E-state index in [1.807, 2.05) is 42.2 Å². The second-order valence-electron chi connectivity index (χ2n) is 7.61. The Hall–Kier alpha value is -1.89. The van der Waals surface area contributed by atoms with Crippen LogP contribution in [-0.2, 0) is 21.1 Å². The fourth-order valence-corrected chi connectivity index (χ4v) is 6.34. The molecule has 7 heteroatoms. The minimum atomic E-state index is -3.20. The highest BCUT2D eigenvalue weighted by atomic mass is 35.5. The van der Waals surface area contributed by atoms with Crippen LogP contribution < -0.4 is 4.90 Å². The molecule has 0 unspecified atom stereocenters. The first kappa shape index (κ1) is 19.4. The first-order valence-corrected chi connectivity index (χ1v) is 11.6. The van der Waals surface area contributed by atoms with Crippen molar-refractivity contribution in [3.63, 3.8) is 0 Å². The molecule has 4 rings (SSSR count). The number of aryl methyl sites for hydroxylation is 1.